The summed E-state index contributed by atoms with van der Waals surface area (Å²) in [5.41, 5.74) is -0.563. The van der Waals surface area contributed by atoms with Gasteiger partial charge in [0.25, 0.3) is 6.43 Å². The maximum absolute atomic E-state index is 12.7. The van der Waals surface area contributed by atoms with E-state index in [0.717, 1.165) is 13.3 Å². The van der Waals surface area contributed by atoms with Crippen molar-refractivity contribution in [2.75, 3.05) is 7.11 Å². The van der Waals surface area contributed by atoms with E-state index in [4.69, 9.17) is 0 Å². The molecule has 16 heavy (non-hydrogen) atoms. The third kappa shape index (κ3) is 2.77. The number of pyridine rings is 1. The molecule has 0 amide bonds. The first-order chi connectivity index (χ1) is 7.47. The summed E-state index contributed by atoms with van der Waals surface area (Å²) in [6.07, 6.45) is -2.27. The SMILES string of the molecule is COC(=O)Cc1c(I)ncc(O)c1C(F)F. The highest BCUT2D eigenvalue weighted by atomic mass is 127. The lowest BCUT2D eigenvalue weighted by Crippen LogP contribution is -2.10. The van der Waals surface area contributed by atoms with E-state index in [1.54, 1.807) is 22.6 Å². The Morgan fingerprint density at radius 1 is 1.69 bits per heavy atom. The van der Waals surface area contributed by atoms with Gasteiger partial charge in [0.1, 0.15) is 9.45 Å². The fraction of sp³-hybridized carbons (Fsp3) is 0.333. The minimum atomic E-state index is -2.86. The maximum atomic E-state index is 12.7. The van der Waals surface area contributed by atoms with Crippen LogP contribution in [0.2, 0.25) is 0 Å². The zero-order valence-corrected chi connectivity index (χ0v) is 10.4. The molecule has 0 aliphatic rings. The summed E-state index contributed by atoms with van der Waals surface area (Å²) in [5.74, 6) is -1.28. The molecule has 4 nitrogen and oxygen atoms in total. The van der Waals surface area contributed by atoms with Gasteiger partial charge in [-0.05, 0) is 22.6 Å². The van der Waals surface area contributed by atoms with Gasteiger partial charge in [-0.2, -0.15) is 0 Å². The highest BCUT2D eigenvalue weighted by Crippen LogP contribution is 2.33. The largest absolute Gasteiger partial charge is 0.506 e. The lowest BCUT2D eigenvalue weighted by atomic mass is 10.1. The Hall–Kier alpha value is -0.990. The van der Waals surface area contributed by atoms with Crippen LogP contribution in [0.15, 0.2) is 6.20 Å². The Morgan fingerprint density at radius 3 is 2.81 bits per heavy atom. The molecule has 0 radical (unpaired) electrons. The second-order valence-electron chi connectivity index (χ2n) is 2.88. The molecule has 0 atom stereocenters. The fourth-order valence-corrected chi connectivity index (χ4v) is 1.78. The van der Waals surface area contributed by atoms with E-state index in [9.17, 15) is 18.7 Å². The molecule has 0 saturated carbocycles. The number of rotatable bonds is 3. The Balaban J connectivity index is 3.23. The second-order valence-corrected chi connectivity index (χ2v) is 3.90. The average Bonchev–Trinajstić information content (AvgIpc) is 2.22. The first kappa shape index (κ1) is 13.1. The minimum Gasteiger partial charge on any atom is -0.506 e. The predicted octanol–water partition coefficient (Wildman–Crippen LogP) is 2.04. The molecule has 1 aromatic heterocycles. The fourth-order valence-electron chi connectivity index (χ4n) is 1.16. The molecular formula is C9H8F2INO3. The minimum absolute atomic E-state index is 0.00227. The van der Waals surface area contributed by atoms with E-state index >= 15 is 0 Å². The highest BCUT2D eigenvalue weighted by Gasteiger charge is 2.23. The van der Waals surface area contributed by atoms with Crippen molar-refractivity contribution >= 4 is 28.6 Å². The number of carbonyl (C=O) groups is 1. The number of ether oxygens (including phenoxy) is 1. The van der Waals surface area contributed by atoms with Gasteiger partial charge in [0.05, 0.1) is 25.3 Å². The molecule has 0 bridgehead atoms. The van der Waals surface area contributed by atoms with Gasteiger partial charge < -0.3 is 9.84 Å². The van der Waals surface area contributed by atoms with Crippen LogP contribution in [0.5, 0.6) is 5.75 Å². The van der Waals surface area contributed by atoms with Crippen molar-refractivity contribution in [2.24, 2.45) is 0 Å². The molecular weight excluding hydrogens is 335 g/mol. The number of alkyl halides is 2. The van der Waals surface area contributed by atoms with Crippen LogP contribution in [0.1, 0.15) is 17.6 Å². The third-order valence-corrected chi connectivity index (χ3v) is 2.85. The number of hydrogen-bond donors (Lipinski definition) is 1. The highest BCUT2D eigenvalue weighted by molar-refractivity contribution is 14.1. The van der Waals surface area contributed by atoms with Gasteiger partial charge >= 0.3 is 5.97 Å². The normalized spacial score (nSPS) is 10.6. The van der Waals surface area contributed by atoms with Crippen LogP contribution >= 0.6 is 22.6 Å². The smallest absolute Gasteiger partial charge is 0.310 e. The Kier molecular flexibility index (Phi) is 4.39. The molecule has 1 N–H and O–H groups in total. The van der Waals surface area contributed by atoms with Crippen LogP contribution in [0.4, 0.5) is 8.78 Å². The molecule has 0 aromatic carbocycles. The monoisotopic (exact) mass is 343 g/mol. The quantitative estimate of drug-likeness (QED) is 0.519. The summed E-state index contributed by atoms with van der Waals surface area (Å²) < 4.78 is 30.0. The zero-order chi connectivity index (χ0) is 12.3. The van der Waals surface area contributed by atoms with Gasteiger partial charge in [-0.25, -0.2) is 13.8 Å². The first-order valence-electron chi connectivity index (χ1n) is 4.18. The number of esters is 1. The van der Waals surface area contributed by atoms with Crippen molar-refractivity contribution in [1.82, 2.24) is 4.98 Å². The number of aromatic nitrogens is 1. The molecule has 1 heterocycles. The molecule has 0 aliphatic heterocycles. The maximum Gasteiger partial charge on any atom is 0.310 e. The summed E-state index contributed by atoms with van der Waals surface area (Å²) >= 11 is 1.72. The molecule has 0 unspecified atom stereocenters. The van der Waals surface area contributed by atoms with Gasteiger partial charge in [-0.15, -0.1) is 0 Å². The summed E-state index contributed by atoms with van der Waals surface area (Å²) in [6.45, 7) is 0. The molecule has 1 rings (SSSR count). The number of hydrogen-bond acceptors (Lipinski definition) is 4. The lowest BCUT2D eigenvalue weighted by molar-refractivity contribution is -0.139. The van der Waals surface area contributed by atoms with E-state index in [0.29, 0.717) is 0 Å². The average molecular weight is 343 g/mol. The number of nitrogens with zero attached hydrogens (tertiary/aromatic N) is 1. The van der Waals surface area contributed by atoms with Gasteiger partial charge in [0, 0.05) is 5.56 Å². The van der Waals surface area contributed by atoms with Gasteiger partial charge in [0.15, 0.2) is 0 Å². The van der Waals surface area contributed by atoms with Crippen LogP contribution in [0.3, 0.4) is 0 Å². The number of methoxy groups -OCH3 is 1. The van der Waals surface area contributed by atoms with Crippen LogP contribution in [0, 0.1) is 3.70 Å². The van der Waals surface area contributed by atoms with E-state index in [1.807, 2.05) is 0 Å². The predicted molar refractivity (Wildman–Crippen MR) is 59.3 cm³/mol. The van der Waals surface area contributed by atoms with Crippen molar-refractivity contribution in [2.45, 2.75) is 12.8 Å². The molecule has 0 aliphatic carbocycles. The first-order valence-corrected chi connectivity index (χ1v) is 5.26. The van der Waals surface area contributed by atoms with E-state index in [1.165, 1.54) is 0 Å². The molecule has 0 saturated heterocycles. The summed E-state index contributed by atoms with van der Waals surface area (Å²) in [6, 6.07) is 0. The number of halogens is 3. The zero-order valence-electron chi connectivity index (χ0n) is 8.21. The number of aromatic hydroxyl groups is 1. The Bertz CT molecular complexity index is 412. The van der Waals surface area contributed by atoms with Crippen molar-refractivity contribution in [3.8, 4) is 5.75 Å². The van der Waals surface area contributed by atoms with Gasteiger partial charge in [-0.3, -0.25) is 4.79 Å². The molecule has 7 heteroatoms. The van der Waals surface area contributed by atoms with E-state index in [-0.39, 0.29) is 15.7 Å². The van der Waals surface area contributed by atoms with E-state index in [2.05, 4.69) is 9.72 Å². The van der Waals surface area contributed by atoms with Gasteiger partial charge in [-0.1, -0.05) is 0 Å². The molecule has 1 aromatic rings. The topological polar surface area (TPSA) is 59.4 Å². The Morgan fingerprint density at radius 2 is 2.31 bits per heavy atom. The second kappa shape index (κ2) is 5.37. The van der Waals surface area contributed by atoms with Crippen LogP contribution in [-0.4, -0.2) is 23.2 Å². The lowest BCUT2D eigenvalue weighted by Gasteiger charge is -2.11. The molecule has 0 fully saturated rings. The molecule has 0 spiro atoms. The van der Waals surface area contributed by atoms with Crippen molar-refractivity contribution in [3.05, 3.63) is 21.0 Å². The van der Waals surface area contributed by atoms with Crippen LogP contribution < -0.4 is 0 Å². The van der Waals surface area contributed by atoms with Crippen molar-refractivity contribution in [1.29, 1.82) is 0 Å². The van der Waals surface area contributed by atoms with E-state index < -0.39 is 23.7 Å². The van der Waals surface area contributed by atoms with Crippen molar-refractivity contribution < 1.29 is 23.4 Å². The summed E-state index contributed by atoms with van der Waals surface area (Å²) in [4.78, 5) is 14.7. The summed E-state index contributed by atoms with van der Waals surface area (Å²) in [5, 5.41) is 9.27. The third-order valence-electron chi connectivity index (χ3n) is 1.92. The Labute approximate surface area is 104 Å². The molecule has 88 valence electrons. The van der Waals surface area contributed by atoms with Crippen LogP contribution in [0.25, 0.3) is 0 Å². The number of carbonyl (C=O) groups excluding carboxylic acids is 1. The summed E-state index contributed by atoms with van der Waals surface area (Å²) in [7, 11) is 1.16. The van der Waals surface area contributed by atoms with Crippen LogP contribution in [-0.2, 0) is 16.0 Å². The van der Waals surface area contributed by atoms with Gasteiger partial charge in [0.2, 0.25) is 0 Å². The van der Waals surface area contributed by atoms with Crippen molar-refractivity contribution in [3.63, 3.8) is 0 Å². The standard InChI is InChI=1S/C9H8F2INO3/c1-16-6(15)2-4-7(8(10)11)5(14)3-13-9(4)12/h3,8,14H,2H2,1H3.